The third-order valence-electron chi connectivity index (χ3n) is 2.46. The first-order chi connectivity index (χ1) is 6.69. The van der Waals surface area contributed by atoms with Gasteiger partial charge in [-0.3, -0.25) is 4.79 Å². The van der Waals surface area contributed by atoms with Gasteiger partial charge in [0, 0.05) is 19.5 Å². The van der Waals surface area contributed by atoms with Crippen LogP contribution in [0.25, 0.3) is 0 Å². The molecule has 0 spiro atoms. The van der Waals surface area contributed by atoms with Crippen LogP contribution in [0.3, 0.4) is 0 Å². The van der Waals surface area contributed by atoms with Crippen molar-refractivity contribution in [2.75, 3.05) is 19.6 Å². The highest BCUT2D eigenvalue weighted by Crippen LogP contribution is 2.08. The Kier molecular flexibility index (Phi) is 7.11. The molecule has 2 N–H and O–H groups in total. The molecule has 0 aliphatic rings. The molecular formula is C11H22N2O. The summed E-state index contributed by atoms with van der Waals surface area (Å²) in [6.45, 7) is 9.64. The van der Waals surface area contributed by atoms with Gasteiger partial charge in [0.25, 0.3) is 0 Å². The number of likely N-dealkylation sites (N-methyl/N-ethyl adjacent to an activating group) is 1. The summed E-state index contributed by atoms with van der Waals surface area (Å²) in [5.74, 6) is 0.506. The second-order valence-corrected chi connectivity index (χ2v) is 3.44. The van der Waals surface area contributed by atoms with Gasteiger partial charge in [-0.2, -0.15) is 0 Å². The van der Waals surface area contributed by atoms with Gasteiger partial charge >= 0.3 is 0 Å². The SMILES string of the molecule is C=CCN(CC)C(=O)CC(CC)CN. The van der Waals surface area contributed by atoms with Crippen LogP contribution in [0.15, 0.2) is 12.7 Å². The second kappa shape index (κ2) is 7.56. The summed E-state index contributed by atoms with van der Waals surface area (Å²) in [6, 6.07) is 0. The van der Waals surface area contributed by atoms with Crippen molar-refractivity contribution in [1.29, 1.82) is 0 Å². The first-order valence-corrected chi connectivity index (χ1v) is 5.28. The van der Waals surface area contributed by atoms with Crippen molar-refractivity contribution < 1.29 is 4.79 Å². The van der Waals surface area contributed by atoms with Crippen molar-refractivity contribution in [1.82, 2.24) is 4.90 Å². The minimum absolute atomic E-state index is 0.185. The lowest BCUT2D eigenvalue weighted by Crippen LogP contribution is -2.33. The van der Waals surface area contributed by atoms with E-state index in [2.05, 4.69) is 13.5 Å². The third kappa shape index (κ3) is 4.42. The molecule has 0 radical (unpaired) electrons. The Labute approximate surface area is 87.0 Å². The van der Waals surface area contributed by atoms with Crippen molar-refractivity contribution in [3.8, 4) is 0 Å². The van der Waals surface area contributed by atoms with Gasteiger partial charge in [0.2, 0.25) is 5.91 Å². The summed E-state index contributed by atoms with van der Waals surface area (Å²) in [7, 11) is 0. The molecule has 0 saturated heterocycles. The van der Waals surface area contributed by atoms with Crippen molar-refractivity contribution in [3.05, 3.63) is 12.7 Å². The monoisotopic (exact) mass is 198 g/mol. The van der Waals surface area contributed by atoms with Gasteiger partial charge in [0.1, 0.15) is 0 Å². The molecule has 0 heterocycles. The average Bonchev–Trinajstić information content (AvgIpc) is 2.22. The van der Waals surface area contributed by atoms with Gasteiger partial charge in [-0.15, -0.1) is 6.58 Å². The van der Waals surface area contributed by atoms with Gasteiger partial charge < -0.3 is 10.6 Å². The molecule has 3 nitrogen and oxygen atoms in total. The van der Waals surface area contributed by atoms with E-state index in [4.69, 9.17) is 5.73 Å². The Morgan fingerprint density at radius 3 is 2.57 bits per heavy atom. The minimum Gasteiger partial charge on any atom is -0.339 e. The molecule has 82 valence electrons. The Bertz CT molecular complexity index is 176. The molecule has 1 amide bonds. The molecular weight excluding hydrogens is 176 g/mol. The summed E-state index contributed by atoms with van der Waals surface area (Å²) in [6.07, 6.45) is 3.29. The number of nitrogens with two attached hydrogens (primary N) is 1. The van der Waals surface area contributed by atoms with E-state index in [-0.39, 0.29) is 5.91 Å². The first kappa shape index (κ1) is 13.2. The molecule has 1 atom stereocenters. The second-order valence-electron chi connectivity index (χ2n) is 3.44. The molecule has 0 aromatic heterocycles. The molecule has 0 aliphatic heterocycles. The number of amides is 1. The van der Waals surface area contributed by atoms with E-state index < -0.39 is 0 Å². The zero-order chi connectivity index (χ0) is 11.0. The molecule has 14 heavy (non-hydrogen) atoms. The number of hydrogen-bond acceptors (Lipinski definition) is 2. The molecule has 0 aromatic carbocycles. The zero-order valence-electron chi connectivity index (χ0n) is 9.33. The summed E-state index contributed by atoms with van der Waals surface area (Å²) < 4.78 is 0. The average molecular weight is 198 g/mol. The molecule has 0 saturated carbocycles. The van der Waals surface area contributed by atoms with Crippen LogP contribution < -0.4 is 5.73 Å². The predicted molar refractivity (Wildman–Crippen MR) is 59.9 cm³/mol. The number of hydrogen-bond donors (Lipinski definition) is 1. The van der Waals surface area contributed by atoms with Crippen LogP contribution >= 0.6 is 0 Å². The largest absolute Gasteiger partial charge is 0.339 e. The fourth-order valence-electron chi connectivity index (χ4n) is 1.33. The van der Waals surface area contributed by atoms with Gasteiger partial charge in [-0.25, -0.2) is 0 Å². The van der Waals surface area contributed by atoms with E-state index in [1.165, 1.54) is 0 Å². The van der Waals surface area contributed by atoms with Crippen LogP contribution in [0.1, 0.15) is 26.7 Å². The lowest BCUT2D eigenvalue weighted by atomic mass is 10.0. The Morgan fingerprint density at radius 2 is 2.21 bits per heavy atom. The first-order valence-electron chi connectivity index (χ1n) is 5.28. The van der Waals surface area contributed by atoms with Gasteiger partial charge in [-0.05, 0) is 19.4 Å². The smallest absolute Gasteiger partial charge is 0.223 e. The molecule has 3 heteroatoms. The summed E-state index contributed by atoms with van der Waals surface area (Å²) >= 11 is 0. The van der Waals surface area contributed by atoms with Crippen molar-refractivity contribution in [2.45, 2.75) is 26.7 Å². The maximum absolute atomic E-state index is 11.7. The fraction of sp³-hybridized carbons (Fsp3) is 0.727. The van der Waals surface area contributed by atoms with Crippen LogP contribution in [0.4, 0.5) is 0 Å². The van der Waals surface area contributed by atoms with Gasteiger partial charge in [0.15, 0.2) is 0 Å². The van der Waals surface area contributed by atoms with Crippen LogP contribution in [0, 0.1) is 5.92 Å². The maximum Gasteiger partial charge on any atom is 0.223 e. The van der Waals surface area contributed by atoms with Crippen molar-refractivity contribution in [3.63, 3.8) is 0 Å². The molecule has 0 aliphatic carbocycles. The maximum atomic E-state index is 11.7. The number of nitrogens with zero attached hydrogens (tertiary/aromatic N) is 1. The highest BCUT2D eigenvalue weighted by atomic mass is 16.2. The van der Waals surface area contributed by atoms with Gasteiger partial charge in [-0.1, -0.05) is 19.4 Å². The number of carbonyl (C=O) groups excluding carboxylic acids is 1. The quantitative estimate of drug-likeness (QED) is 0.628. The minimum atomic E-state index is 0.185. The standard InChI is InChI=1S/C11H22N2O/c1-4-7-13(6-3)11(14)8-10(5-2)9-12/h4,10H,1,5-9,12H2,2-3H3. The topological polar surface area (TPSA) is 46.3 Å². The molecule has 0 aromatic rings. The Hall–Kier alpha value is -0.830. The number of rotatable bonds is 7. The van der Waals surface area contributed by atoms with E-state index in [0.717, 1.165) is 13.0 Å². The summed E-state index contributed by atoms with van der Waals surface area (Å²) in [5, 5.41) is 0. The van der Waals surface area contributed by atoms with E-state index in [1.54, 1.807) is 11.0 Å². The van der Waals surface area contributed by atoms with Crippen molar-refractivity contribution in [2.24, 2.45) is 11.7 Å². The van der Waals surface area contributed by atoms with E-state index in [0.29, 0.717) is 25.4 Å². The highest BCUT2D eigenvalue weighted by Gasteiger charge is 2.14. The fourth-order valence-corrected chi connectivity index (χ4v) is 1.33. The molecule has 0 rings (SSSR count). The Morgan fingerprint density at radius 1 is 1.57 bits per heavy atom. The van der Waals surface area contributed by atoms with E-state index in [1.807, 2.05) is 6.92 Å². The van der Waals surface area contributed by atoms with Crippen LogP contribution in [0.5, 0.6) is 0 Å². The lowest BCUT2D eigenvalue weighted by Gasteiger charge is -2.21. The zero-order valence-corrected chi connectivity index (χ0v) is 9.33. The van der Waals surface area contributed by atoms with Gasteiger partial charge in [0.05, 0.1) is 0 Å². The highest BCUT2D eigenvalue weighted by molar-refractivity contribution is 5.76. The van der Waals surface area contributed by atoms with E-state index in [9.17, 15) is 4.79 Å². The van der Waals surface area contributed by atoms with Crippen LogP contribution in [0.2, 0.25) is 0 Å². The van der Waals surface area contributed by atoms with E-state index >= 15 is 0 Å². The predicted octanol–water partition coefficient (Wildman–Crippen LogP) is 1.40. The van der Waals surface area contributed by atoms with Crippen LogP contribution in [-0.2, 0) is 4.79 Å². The molecule has 0 fully saturated rings. The number of carbonyl (C=O) groups is 1. The van der Waals surface area contributed by atoms with Crippen molar-refractivity contribution >= 4 is 5.91 Å². The Balaban J connectivity index is 4.07. The normalized spacial score (nSPS) is 12.2. The third-order valence-corrected chi connectivity index (χ3v) is 2.46. The summed E-state index contributed by atoms with van der Waals surface area (Å²) in [5.41, 5.74) is 5.56. The molecule has 1 unspecified atom stereocenters. The molecule has 0 bridgehead atoms. The summed E-state index contributed by atoms with van der Waals surface area (Å²) in [4.78, 5) is 13.5. The lowest BCUT2D eigenvalue weighted by molar-refractivity contribution is -0.131. The van der Waals surface area contributed by atoms with Crippen LogP contribution in [-0.4, -0.2) is 30.4 Å².